The third-order valence-corrected chi connectivity index (χ3v) is 4.55. The second-order valence-electron chi connectivity index (χ2n) is 4.13. The van der Waals surface area contributed by atoms with Crippen LogP contribution in [0.5, 0.6) is 0 Å². The predicted molar refractivity (Wildman–Crippen MR) is 90.0 cm³/mol. The van der Waals surface area contributed by atoms with Gasteiger partial charge in [-0.2, -0.15) is 0 Å². The predicted octanol–water partition coefficient (Wildman–Crippen LogP) is 0.957. The van der Waals surface area contributed by atoms with Crippen LogP contribution in [0.4, 0.5) is 0 Å². The SMILES string of the molecule is [B]c1ccc(-c2cc(P)c(C)c(P)c2)c(P)c1. The normalized spacial score (nSPS) is 10.6. The first kappa shape index (κ1) is 13.2. The Kier molecular flexibility index (Phi) is 4.04. The summed E-state index contributed by atoms with van der Waals surface area (Å²) in [5.74, 6) is 0. The van der Waals surface area contributed by atoms with Gasteiger partial charge in [-0.1, -0.05) is 23.7 Å². The summed E-state index contributed by atoms with van der Waals surface area (Å²) < 4.78 is 0. The lowest BCUT2D eigenvalue weighted by atomic mass is 9.93. The van der Waals surface area contributed by atoms with Crippen molar-refractivity contribution in [2.45, 2.75) is 6.92 Å². The summed E-state index contributed by atoms with van der Waals surface area (Å²) in [5.41, 5.74) is 4.51. The molecule has 0 heterocycles. The van der Waals surface area contributed by atoms with Crippen molar-refractivity contribution in [1.29, 1.82) is 0 Å². The Morgan fingerprint density at radius 1 is 0.882 bits per heavy atom. The molecule has 0 aliphatic rings. The molecule has 0 aliphatic heterocycles. The highest BCUT2D eigenvalue weighted by Gasteiger charge is 2.06. The molecule has 0 aliphatic carbocycles. The van der Waals surface area contributed by atoms with E-state index in [1.165, 1.54) is 27.3 Å². The van der Waals surface area contributed by atoms with Gasteiger partial charge in [-0.3, -0.25) is 0 Å². The van der Waals surface area contributed by atoms with Crippen molar-refractivity contribution in [3.05, 3.63) is 35.9 Å². The summed E-state index contributed by atoms with van der Waals surface area (Å²) in [6.07, 6.45) is 0. The zero-order chi connectivity index (χ0) is 12.6. The van der Waals surface area contributed by atoms with E-state index in [0.717, 1.165) is 10.8 Å². The monoisotopic (exact) mass is 274 g/mol. The van der Waals surface area contributed by atoms with Crippen molar-refractivity contribution in [2.75, 3.05) is 0 Å². The molecule has 0 bridgehead atoms. The Morgan fingerprint density at radius 2 is 1.47 bits per heavy atom. The lowest BCUT2D eigenvalue weighted by Gasteiger charge is -2.11. The van der Waals surface area contributed by atoms with Crippen LogP contribution in [0, 0.1) is 6.92 Å². The largest absolute Gasteiger partial charge is 0.113 e. The van der Waals surface area contributed by atoms with E-state index in [9.17, 15) is 0 Å². The average molecular weight is 274 g/mol. The van der Waals surface area contributed by atoms with Crippen LogP contribution in [-0.4, -0.2) is 7.85 Å². The van der Waals surface area contributed by atoms with Crippen LogP contribution in [0.3, 0.4) is 0 Å². The van der Waals surface area contributed by atoms with E-state index in [2.05, 4.69) is 52.8 Å². The highest BCUT2D eigenvalue weighted by molar-refractivity contribution is 7.30. The summed E-state index contributed by atoms with van der Waals surface area (Å²) in [5, 5.41) is 3.59. The standard InChI is InChI=1S/C13H14BP3/c1-7-11(15)4-8(5-12(7)16)10-3-2-9(14)6-13(10)17/h2-6H,15-17H2,1H3. The number of rotatable bonds is 1. The molecule has 3 unspecified atom stereocenters. The van der Waals surface area contributed by atoms with E-state index in [1.54, 1.807) is 0 Å². The van der Waals surface area contributed by atoms with Gasteiger partial charge in [0.15, 0.2) is 0 Å². The maximum Gasteiger partial charge on any atom is 0.113 e. The molecular weight excluding hydrogens is 260 g/mol. The summed E-state index contributed by atoms with van der Waals surface area (Å²) in [7, 11) is 14.1. The van der Waals surface area contributed by atoms with Gasteiger partial charge >= 0.3 is 0 Å². The van der Waals surface area contributed by atoms with Crippen molar-refractivity contribution < 1.29 is 0 Å². The van der Waals surface area contributed by atoms with Crippen LogP contribution in [-0.2, 0) is 0 Å². The molecule has 0 amide bonds. The second-order valence-corrected chi connectivity index (χ2v) is 5.99. The molecule has 2 aromatic rings. The van der Waals surface area contributed by atoms with Gasteiger partial charge in [0, 0.05) is 0 Å². The number of benzene rings is 2. The molecule has 0 spiro atoms. The molecular formula is C13H14BP3. The molecule has 3 atom stereocenters. The zero-order valence-corrected chi connectivity index (χ0v) is 13.2. The van der Waals surface area contributed by atoms with Crippen LogP contribution in [0.2, 0.25) is 0 Å². The quantitative estimate of drug-likeness (QED) is 0.536. The van der Waals surface area contributed by atoms with Crippen molar-refractivity contribution >= 4 is 56.9 Å². The molecule has 0 N–H and O–H groups in total. The molecule has 0 nitrogen and oxygen atoms in total. The molecule has 4 heteroatoms. The van der Waals surface area contributed by atoms with E-state index in [-0.39, 0.29) is 0 Å². The molecule has 0 saturated carbocycles. The Bertz CT molecular complexity index is 556. The third-order valence-electron chi connectivity index (χ3n) is 2.87. The summed E-state index contributed by atoms with van der Waals surface area (Å²) in [6, 6.07) is 10.4. The molecule has 0 aromatic heterocycles. The number of hydrogen-bond acceptors (Lipinski definition) is 0. The first-order valence-electron chi connectivity index (χ1n) is 5.30. The lowest BCUT2D eigenvalue weighted by molar-refractivity contribution is 1.57. The smallest absolute Gasteiger partial charge is 0.105 e. The minimum absolute atomic E-state index is 0.794. The number of hydrogen-bond donors (Lipinski definition) is 0. The van der Waals surface area contributed by atoms with E-state index in [4.69, 9.17) is 7.85 Å². The first-order chi connectivity index (χ1) is 7.99. The van der Waals surface area contributed by atoms with Crippen molar-refractivity contribution in [2.24, 2.45) is 0 Å². The topological polar surface area (TPSA) is 0 Å². The van der Waals surface area contributed by atoms with Gasteiger partial charge in [-0.15, -0.1) is 27.7 Å². The molecule has 17 heavy (non-hydrogen) atoms. The maximum atomic E-state index is 5.77. The van der Waals surface area contributed by atoms with Crippen LogP contribution in [0.15, 0.2) is 30.3 Å². The maximum absolute atomic E-state index is 5.77. The Morgan fingerprint density at radius 3 is 2.00 bits per heavy atom. The molecule has 0 fully saturated rings. The van der Waals surface area contributed by atoms with Gasteiger partial charge in [-0.05, 0) is 51.7 Å². The molecule has 0 saturated heterocycles. The third kappa shape index (κ3) is 2.79. The highest BCUT2D eigenvalue weighted by atomic mass is 31.0. The van der Waals surface area contributed by atoms with E-state index >= 15 is 0 Å². The summed E-state index contributed by atoms with van der Waals surface area (Å²) in [4.78, 5) is 0. The lowest BCUT2D eigenvalue weighted by Crippen LogP contribution is -2.13. The van der Waals surface area contributed by atoms with Crippen LogP contribution in [0.25, 0.3) is 11.1 Å². The van der Waals surface area contributed by atoms with Crippen molar-refractivity contribution in [3.63, 3.8) is 0 Å². The summed E-state index contributed by atoms with van der Waals surface area (Å²) in [6.45, 7) is 2.12. The average Bonchev–Trinajstić information content (AvgIpc) is 2.25. The minimum atomic E-state index is 0.794. The van der Waals surface area contributed by atoms with E-state index in [0.29, 0.717) is 0 Å². The Balaban J connectivity index is 2.61. The fourth-order valence-corrected chi connectivity index (χ4v) is 3.07. The molecule has 2 aromatic carbocycles. The Labute approximate surface area is 111 Å². The fourth-order valence-electron chi connectivity index (χ4n) is 1.76. The van der Waals surface area contributed by atoms with E-state index < -0.39 is 0 Å². The Hall–Kier alpha value is -0.205. The molecule has 84 valence electrons. The van der Waals surface area contributed by atoms with Gasteiger partial charge in [0.25, 0.3) is 0 Å². The van der Waals surface area contributed by atoms with Gasteiger partial charge in [0.2, 0.25) is 0 Å². The summed E-state index contributed by atoms with van der Waals surface area (Å²) >= 11 is 0. The van der Waals surface area contributed by atoms with Crippen molar-refractivity contribution in [1.82, 2.24) is 0 Å². The van der Waals surface area contributed by atoms with Gasteiger partial charge in [0.05, 0.1) is 0 Å². The second kappa shape index (κ2) is 5.20. The van der Waals surface area contributed by atoms with Gasteiger partial charge in [0.1, 0.15) is 7.85 Å². The van der Waals surface area contributed by atoms with E-state index in [1.807, 2.05) is 12.1 Å². The van der Waals surface area contributed by atoms with Crippen LogP contribution >= 0.6 is 27.7 Å². The fraction of sp³-hybridized carbons (Fsp3) is 0.0769. The highest BCUT2D eigenvalue weighted by Crippen LogP contribution is 2.19. The minimum Gasteiger partial charge on any atom is -0.105 e. The van der Waals surface area contributed by atoms with Gasteiger partial charge in [-0.25, -0.2) is 0 Å². The van der Waals surface area contributed by atoms with Crippen LogP contribution in [0.1, 0.15) is 5.56 Å². The molecule has 2 radical (unpaired) electrons. The van der Waals surface area contributed by atoms with Gasteiger partial charge < -0.3 is 0 Å². The van der Waals surface area contributed by atoms with Crippen molar-refractivity contribution in [3.8, 4) is 11.1 Å². The molecule has 2 rings (SSSR count). The van der Waals surface area contributed by atoms with Crippen LogP contribution < -0.4 is 21.4 Å². The zero-order valence-electron chi connectivity index (χ0n) is 9.70. The first-order valence-corrected chi connectivity index (χ1v) is 7.03.